The van der Waals surface area contributed by atoms with Crippen LogP contribution in [0.5, 0.6) is 5.75 Å². The van der Waals surface area contributed by atoms with Gasteiger partial charge in [0.1, 0.15) is 11.6 Å². The van der Waals surface area contributed by atoms with Gasteiger partial charge in [0.25, 0.3) is 5.91 Å². The van der Waals surface area contributed by atoms with E-state index < -0.39 is 41.2 Å². The Hall–Kier alpha value is -3.37. The van der Waals surface area contributed by atoms with Crippen molar-refractivity contribution in [1.82, 2.24) is 5.32 Å². The number of halogens is 5. The smallest absolute Gasteiger partial charge is 0.404 e. The number of anilines is 2. The maximum Gasteiger partial charge on any atom is 0.573 e. The number of amides is 3. The van der Waals surface area contributed by atoms with E-state index in [1.807, 2.05) is 0 Å². The molecular formula is C17H12F5N3O3. The molecule has 6 nitrogen and oxygen atoms in total. The summed E-state index contributed by atoms with van der Waals surface area (Å²) < 4.78 is 69.4. The lowest BCUT2D eigenvalue weighted by atomic mass is 10.1. The van der Waals surface area contributed by atoms with Crippen molar-refractivity contribution in [3.63, 3.8) is 0 Å². The first-order valence-corrected chi connectivity index (χ1v) is 7.86. The number of para-hydroxylation sites is 2. The normalized spacial score (nSPS) is 14.0. The highest BCUT2D eigenvalue weighted by atomic mass is 19.4. The van der Waals surface area contributed by atoms with Gasteiger partial charge in [-0.15, -0.1) is 13.2 Å². The summed E-state index contributed by atoms with van der Waals surface area (Å²) in [5.41, 5.74) is -1.35. The van der Waals surface area contributed by atoms with Gasteiger partial charge in [-0.1, -0.05) is 12.1 Å². The molecule has 0 aromatic heterocycles. The Kier molecular flexibility index (Phi) is 5.08. The van der Waals surface area contributed by atoms with Crippen molar-refractivity contribution < 1.29 is 36.3 Å². The highest BCUT2D eigenvalue weighted by Gasteiger charge is 2.32. The molecule has 0 bridgehead atoms. The lowest BCUT2D eigenvalue weighted by Crippen LogP contribution is -2.29. The molecule has 0 spiro atoms. The highest BCUT2D eigenvalue weighted by molar-refractivity contribution is 6.06. The van der Waals surface area contributed by atoms with E-state index in [1.165, 1.54) is 12.1 Å². The Morgan fingerprint density at radius 2 is 1.86 bits per heavy atom. The zero-order chi connectivity index (χ0) is 20.5. The van der Waals surface area contributed by atoms with Gasteiger partial charge < -0.3 is 15.4 Å². The minimum atomic E-state index is -5.00. The summed E-state index contributed by atoms with van der Waals surface area (Å²) in [5, 5.41) is 4.52. The molecule has 0 atom stereocenters. The van der Waals surface area contributed by atoms with Gasteiger partial charge in [-0.3, -0.25) is 9.69 Å². The first kappa shape index (κ1) is 19.4. The number of rotatable bonds is 4. The van der Waals surface area contributed by atoms with Gasteiger partial charge in [-0.05, 0) is 18.2 Å². The van der Waals surface area contributed by atoms with E-state index in [2.05, 4.69) is 15.4 Å². The Morgan fingerprint density at radius 3 is 2.50 bits per heavy atom. The van der Waals surface area contributed by atoms with Gasteiger partial charge >= 0.3 is 12.4 Å². The van der Waals surface area contributed by atoms with E-state index in [4.69, 9.17) is 0 Å². The molecule has 28 heavy (non-hydrogen) atoms. The van der Waals surface area contributed by atoms with Crippen LogP contribution in [-0.2, 0) is 0 Å². The third-order valence-corrected chi connectivity index (χ3v) is 3.79. The van der Waals surface area contributed by atoms with Crippen molar-refractivity contribution in [2.75, 3.05) is 23.3 Å². The summed E-state index contributed by atoms with van der Waals surface area (Å²) >= 11 is 0. The monoisotopic (exact) mass is 401 g/mol. The van der Waals surface area contributed by atoms with Crippen LogP contribution in [0.1, 0.15) is 10.4 Å². The summed E-state index contributed by atoms with van der Waals surface area (Å²) in [6.45, 7) is 0.337. The van der Waals surface area contributed by atoms with Crippen LogP contribution in [0, 0.1) is 11.6 Å². The number of benzene rings is 2. The largest absolute Gasteiger partial charge is 0.573 e. The Balaban J connectivity index is 1.91. The predicted octanol–water partition coefficient (Wildman–Crippen LogP) is 3.65. The lowest BCUT2D eigenvalue weighted by molar-refractivity contribution is -0.274. The molecule has 2 aromatic rings. The van der Waals surface area contributed by atoms with Crippen molar-refractivity contribution in [1.29, 1.82) is 0 Å². The molecule has 1 aliphatic heterocycles. The molecule has 0 saturated carbocycles. The van der Waals surface area contributed by atoms with Crippen LogP contribution < -0.4 is 20.3 Å². The average Bonchev–Trinajstić information content (AvgIpc) is 3.01. The van der Waals surface area contributed by atoms with Crippen molar-refractivity contribution in [2.24, 2.45) is 0 Å². The van der Waals surface area contributed by atoms with Gasteiger partial charge in [-0.25, -0.2) is 13.6 Å². The average molecular weight is 401 g/mol. The molecule has 0 unspecified atom stereocenters. The second-order valence-corrected chi connectivity index (χ2v) is 5.67. The first-order valence-electron chi connectivity index (χ1n) is 7.86. The quantitative estimate of drug-likeness (QED) is 0.769. The molecule has 2 aromatic carbocycles. The maximum atomic E-state index is 14.1. The molecule has 0 radical (unpaired) electrons. The number of carbonyl (C=O) groups excluding carboxylic acids is 2. The van der Waals surface area contributed by atoms with Crippen LogP contribution in [0.4, 0.5) is 38.1 Å². The van der Waals surface area contributed by atoms with E-state index in [-0.39, 0.29) is 24.5 Å². The van der Waals surface area contributed by atoms with Crippen LogP contribution in [-0.4, -0.2) is 31.4 Å². The van der Waals surface area contributed by atoms with Gasteiger partial charge in [0.2, 0.25) is 0 Å². The molecule has 1 saturated heterocycles. The molecule has 2 N–H and O–H groups in total. The van der Waals surface area contributed by atoms with Crippen LogP contribution in [0.2, 0.25) is 0 Å². The summed E-state index contributed by atoms with van der Waals surface area (Å²) in [6, 6.07) is 5.28. The first-order chi connectivity index (χ1) is 13.2. The summed E-state index contributed by atoms with van der Waals surface area (Å²) in [6.07, 6.45) is -5.00. The number of nitrogens with one attached hydrogen (secondary N) is 2. The molecule has 3 rings (SSSR count). The van der Waals surface area contributed by atoms with E-state index in [9.17, 15) is 31.5 Å². The molecule has 3 amide bonds. The van der Waals surface area contributed by atoms with Crippen LogP contribution in [0.3, 0.4) is 0 Å². The number of hydrogen-bond acceptors (Lipinski definition) is 3. The Labute approximate surface area is 154 Å². The van der Waals surface area contributed by atoms with E-state index in [0.717, 1.165) is 23.1 Å². The SMILES string of the molecule is O=C(Nc1ccccc1OC(F)(F)F)c1cc(N2CCNC2=O)c(F)cc1F. The number of alkyl halides is 3. The second kappa shape index (κ2) is 7.33. The fourth-order valence-corrected chi connectivity index (χ4v) is 2.59. The standard InChI is InChI=1S/C17H12F5N3O3/c18-10-8-11(19)13(25-6-5-23-16(25)27)7-9(10)15(26)24-12-3-1-2-4-14(12)28-17(20,21)22/h1-4,7-8H,5-6H2,(H,23,27)(H,24,26). The van der Waals surface area contributed by atoms with Gasteiger partial charge in [0, 0.05) is 19.2 Å². The number of ether oxygens (including phenoxy) is 1. The number of carbonyl (C=O) groups is 2. The van der Waals surface area contributed by atoms with E-state index in [0.29, 0.717) is 6.07 Å². The summed E-state index contributed by atoms with van der Waals surface area (Å²) in [7, 11) is 0. The van der Waals surface area contributed by atoms with Gasteiger partial charge in [0.05, 0.1) is 16.9 Å². The molecule has 0 aliphatic carbocycles. The van der Waals surface area contributed by atoms with Crippen LogP contribution >= 0.6 is 0 Å². The van der Waals surface area contributed by atoms with E-state index in [1.54, 1.807) is 0 Å². The Morgan fingerprint density at radius 1 is 1.14 bits per heavy atom. The minimum absolute atomic E-state index is 0.102. The number of nitrogens with zero attached hydrogens (tertiary/aromatic N) is 1. The third-order valence-electron chi connectivity index (χ3n) is 3.79. The molecule has 1 heterocycles. The molecule has 1 fully saturated rings. The highest BCUT2D eigenvalue weighted by Crippen LogP contribution is 2.31. The van der Waals surface area contributed by atoms with Crippen molar-refractivity contribution >= 4 is 23.3 Å². The van der Waals surface area contributed by atoms with Crippen LogP contribution in [0.15, 0.2) is 36.4 Å². The third kappa shape index (κ3) is 4.13. The zero-order valence-electron chi connectivity index (χ0n) is 13.9. The minimum Gasteiger partial charge on any atom is -0.404 e. The van der Waals surface area contributed by atoms with Crippen molar-refractivity contribution in [3.8, 4) is 5.75 Å². The fraction of sp³-hybridized carbons (Fsp3) is 0.176. The number of urea groups is 1. The van der Waals surface area contributed by atoms with Crippen LogP contribution in [0.25, 0.3) is 0 Å². The summed E-state index contributed by atoms with van der Waals surface area (Å²) in [5.74, 6) is -4.15. The van der Waals surface area contributed by atoms with E-state index >= 15 is 0 Å². The fourth-order valence-electron chi connectivity index (χ4n) is 2.59. The molecule has 1 aliphatic rings. The predicted molar refractivity (Wildman–Crippen MR) is 88.2 cm³/mol. The molecule has 11 heteroatoms. The van der Waals surface area contributed by atoms with Gasteiger partial charge in [-0.2, -0.15) is 0 Å². The topological polar surface area (TPSA) is 70.7 Å². The van der Waals surface area contributed by atoms with Crippen molar-refractivity contribution in [3.05, 3.63) is 53.6 Å². The second-order valence-electron chi connectivity index (χ2n) is 5.67. The van der Waals surface area contributed by atoms with Gasteiger partial charge in [0.15, 0.2) is 5.75 Å². The maximum absolute atomic E-state index is 14.1. The number of hydrogen-bond donors (Lipinski definition) is 2. The molecular weight excluding hydrogens is 389 g/mol. The van der Waals surface area contributed by atoms with Crippen molar-refractivity contribution in [2.45, 2.75) is 6.36 Å². The lowest BCUT2D eigenvalue weighted by Gasteiger charge is -2.17. The zero-order valence-corrected chi connectivity index (χ0v) is 13.9. The molecule has 148 valence electrons. The summed E-state index contributed by atoms with van der Waals surface area (Å²) in [4.78, 5) is 25.1. The Bertz CT molecular complexity index is 933.